The van der Waals surface area contributed by atoms with Crippen molar-refractivity contribution < 1.29 is 4.92 Å². The Morgan fingerprint density at radius 2 is 2.23 bits per heavy atom. The highest BCUT2D eigenvalue weighted by Crippen LogP contribution is 2.37. The van der Waals surface area contributed by atoms with Gasteiger partial charge in [0.25, 0.3) is 5.69 Å². The number of rotatable bonds is 4. The topological polar surface area (TPSA) is 58.4 Å². The first-order chi connectivity index (χ1) is 10.5. The summed E-state index contributed by atoms with van der Waals surface area (Å²) in [6.07, 6.45) is 2.50. The van der Waals surface area contributed by atoms with Gasteiger partial charge in [-0.1, -0.05) is 26.0 Å². The van der Waals surface area contributed by atoms with E-state index in [-0.39, 0.29) is 16.5 Å². The molecule has 0 radical (unpaired) electrons. The molecule has 0 aliphatic carbocycles. The van der Waals surface area contributed by atoms with Crippen LogP contribution in [0, 0.1) is 15.5 Å². The molecule has 2 aliphatic heterocycles. The lowest BCUT2D eigenvalue weighted by atomic mass is 9.86. The molecule has 120 valence electrons. The van der Waals surface area contributed by atoms with E-state index >= 15 is 0 Å². The molecule has 0 amide bonds. The Labute approximate surface area is 131 Å². The number of nitrogens with one attached hydrogen (secondary N) is 1. The smallest absolute Gasteiger partial charge is 0.273 e. The minimum atomic E-state index is -0.245. The Kier molecular flexibility index (Phi) is 4.19. The molecule has 0 bridgehead atoms. The van der Waals surface area contributed by atoms with Crippen molar-refractivity contribution in [3.05, 3.63) is 39.4 Å². The summed E-state index contributed by atoms with van der Waals surface area (Å²) in [6, 6.07) is 5.76. The number of nitro groups is 1. The van der Waals surface area contributed by atoms with Crippen LogP contribution in [-0.4, -0.2) is 36.0 Å². The van der Waals surface area contributed by atoms with E-state index in [0.717, 1.165) is 43.9 Å². The predicted octanol–water partition coefficient (Wildman–Crippen LogP) is 2.90. The highest BCUT2D eigenvalue weighted by Gasteiger charge is 2.40. The van der Waals surface area contributed by atoms with Gasteiger partial charge in [-0.15, -0.1) is 0 Å². The molecule has 22 heavy (non-hydrogen) atoms. The molecule has 0 aromatic heterocycles. The van der Waals surface area contributed by atoms with Crippen LogP contribution < -0.4 is 5.32 Å². The van der Waals surface area contributed by atoms with Gasteiger partial charge in [-0.05, 0) is 42.8 Å². The Balaban J connectivity index is 1.73. The van der Waals surface area contributed by atoms with Crippen molar-refractivity contribution in [1.82, 2.24) is 10.2 Å². The van der Waals surface area contributed by atoms with E-state index in [9.17, 15) is 10.1 Å². The van der Waals surface area contributed by atoms with E-state index in [2.05, 4.69) is 16.3 Å². The molecule has 3 rings (SSSR count). The molecule has 2 heterocycles. The molecule has 1 N–H and O–H groups in total. The quantitative estimate of drug-likeness (QED) is 0.686. The molecular formula is C17H25N3O2. The van der Waals surface area contributed by atoms with Gasteiger partial charge in [0.15, 0.2) is 0 Å². The molecule has 5 nitrogen and oxygen atoms in total. The van der Waals surface area contributed by atoms with Crippen molar-refractivity contribution >= 4 is 5.69 Å². The monoisotopic (exact) mass is 303 g/mol. The first kappa shape index (κ1) is 15.4. The average molecular weight is 303 g/mol. The summed E-state index contributed by atoms with van der Waals surface area (Å²) in [6.45, 7) is 9.28. The van der Waals surface area contributed by atoms with Crippen LogP contribution >= 0.6 is 0 Å². The molecule has 0 saturated carbocycles. The minimum Gasteiger partial charge on any atom is -0.316 e. The van der Waals surface area contributed by atoms with Gasteiger partial charge in [0.05, 0.1) is 4.92 Å². The molecular weight excluding hydrogens is 278 g/mol. The fourth-order valence-corrected chi connectivity index (χ4v) is 3.90. The summed E-state index contributed by atoms with van der Waals surface area (Å²) in [7, 11) is 0. The first-order valence-electron chi connectivity index (χ1n) is 8.19. The van der Waals surface area contributed by atoms with Crippen LogP contribution in [-0.2, 0) is 6.54 Å². The normalized spacial score (nSPS) is 25.4. The van der Waals surface area contributed by atoms with Crippen molar-refractivity contribution in [3.63, 3.8) is 0 Å². The van der Waals surface area contributed by atoms with Crippen LogP contribution in [0.1, 0.15) is 43.7 Å². The lowest BCUT2D eigenvalue weighted by molar-refractivity contribution is -0.385. The second kappa shape index (κ2) is 5.97. The molecule has 2 fully saturated rings. The third kappa shape index (κ3) is 3.01. The van der Waals surface area contributed by atoms with Crippen LogP contribution in [0.4, 0.5) is 5.69 Å². The fraction of sp³-hybridized carbons (Fsp3) is 0.647. The van der Waals surface area contributed by atoms with Crippen LogP contribution in [0.25, 0.3) is 0 Å². The van der Waals surface area contributed by atoms with Gasteiger partial charge in [0.1, 0.15) is 0 Å². The van der Waals surface area contributed by atoms with Gasteiger partial charge in [0, 0.05) is 31.3 Å². The second-order valence-electron chi connectivity index (χ2n) is 7.19. The lowest BCUT2D eigenvalue weighted by Crippen LogP contribution is -2.28. The van der Waals surface area contributed by atoms with Crippen molar-refractivity contribution in [2.24, 2.45) is 5.41 Å². The molecule has 2 saturated heterocycles. The summed E-state index contributed by atoms with van der Waals surface area (Å²) in [5.41, 5.74) is 2.60. The van der Waals surface area contributed by atoms with E-state index in [1.165, 1.54) is 12.8 Å². The summed E-state index contributed by atoms with van der Waals surface area (Å²) in [4.78, 5) is 13.5. The third-order valence-corrected chi connectivity index (χ3v) is 5.17. The lowest BCUT2D eigenvalue weighted by Gasteiger charge is -2.23. The maximum absolute atomic E-state index is 11.3. The number of hydrogen-bond donors (Lipinski definition) is 1. The summed E-state index contributed by atoms with van der Waals surface area (Å²) >= 11 is 0. The fourth-order valence-electron chi connectivity index (χ4n) is 3.90. The SMILES string of the molecule is CC(C)c1ccc(CN2CCC3(CCNC3)C2)cc1[N+](=O)[O-]. The standard InChI is InChI=1S/C17H25N3O2/c1-13(2)15-4-3-14(9-16(15)20(21)22)10-19-8-6-17(12-19)5-7-18-11-17/h3-4,9,13,18H,5-8,10-12H2,1-2H3. The van der Waals surface area contributed by atoms with E-state index < -0.39 is 0 Å². The highest BCUT2D eigenvalue weighted by molar-refractivity contribution is 5.45. The number of nitro benzene ring substituents is 1. The van der Waals surface area contributed by atoms with E-state index in [4.69, 9.17) is 0 Å². The minimum absolute atomic E-state index is 0.175. The summed E-state index contributed by atoms with van der Waals surface area (Å²) in [5, 5.41) is 14.8. The highest BCUT2D eigenvalue weighted by atomic mass is 16.6. The van der Waals surface area contributed by atoms with Crippen molar-refractivity contribution in [3.8, 4) is 0 Å². The zero-order valence-corrected chi connectivity index (χ0v) is 13.5. The molecule has 1 spiro atoms. The van der Waals surface area contributed by atoms with Gasteiger partial charge in [0.2, 0.25) is 0 Å². The Bertz CT molecular complexity index is 565. The summed E-state index contributed by atoms with van der Waals surface area (Å²) in [5.74, 6) is 0.175. The van der Waals surface area contributed by atoms with Gasteiger partial charge < -0.3 is 5.32 Å². The van der Waals surface area contributed by atoms with Gasteiger partial charge >= 0.3 is 0 Å². The number of nitrogens with zero attached hydrogens (tertiary/aromatic N) is 2. The maximum Gasteiger partial charge on any atom is 0.273 e. The number of benzene rings is 1. The van der Waals surface area contributed by atoms with Crippen LogP contribution in [0.3, 0.4) is 0 Å². The van der Waals surface area contributed by atoms with Crippen LogP contribution in [0.2, 0.25) is 0 Å². The second-order valence-corrected chi connectivity index (χ2v) is 7.19. The first-order valence-corrected chi connectivity index (χ1v) is 8.19. The molecule has 1 atom stereocenters. The van der Waals surface area contributed by atoms with Crippen molar-refractivity contribution in [2.45, 2.75) is 39.2 Å². The number of hydrogen-bond acceptors (Lipinski definition) is 4. The van der Waals surface area contributed by atoms with Gasteiger partial charge in [-0.25, -0.2) is 0 Å². The van der Waals surface area contributed by atoms with Crippen LogP contribution in [0.5, 0.6) is 0 Å². The van der Waals surface area contributed by atoms with Crippen LogP contribution in [0.15, 0.2) is 18.2 Å². The Morgan fingerprint density at radius 3 is 2.86 bits per heavy atom. The molecule has 1 unspecified atom stereocenters. The van der Waals surface area contributed by atoms with Gasteiger partial charge in [-0.2, -0.15) is 0 Å². The Morgan fingerprint density at radius 1 is 1.41 bits per heavy atom. The van der Waals surface area contributed by atoms with Gasteiger partial charge in [-0.3, -0.25) is 15.0 Å². The maximum atomic E-state index is 11.3. The zero-order valence-electron chi connectivity index (χ0n) is 13.5. The third-order valence-electron chi connectivity index (χ3n) is 5.17. The molecule has 5 heteroatoms. The largest absolute Gasteiger partial charge is 0.316 e. The van der Waals surface area contributed by atoms with E-state index in [0.29, 0.717) is 5.41 Å². The van der Waals surface area contributed by atoms with Crippen molar-refractivity contribution in [1.29, 1.82) is 0 Å². The Hall–Kier alpha value is -1.46. The molecule has 1 aromatic carbocycles. The predicted molar refractivity (Wildman–Crippen MR) is 87.0 cm³/mol. The molecule has 2 aliphatic rings. The summed E-state index contributed by atoms with van der Waals surface area (Å²) < 4.78 is 0. The van der Waals surface area contributed by atoms with E-state index in [1.54, 1.807) is 6.07 Å². The zero-order chi connectivity index (χ0) is 15.7. The number of likely N-dealkylation sites (tertiary alicyclic amines) is 1. The molecule has 1 aromatic rings. The van der Waals surface area contributed by atoms with E-state index in [1.807, 2.05) is 19.9 Å². The van der Waals surface area contributed by atoms with Crippen molar-refractivity contribution in [2.75, 3.05) is 26.2 Å². The average Bonchev–Trinajstić information content (AvgIpc) is 3.09.